The molecule has 0 unspecified atom stereocenters. The number of aromatic nitrogens is 4. The Labute approximate surface area is 199 Å². The highest BCUT2D eigenvalue weighted by atomic mass is 19.1. The molecule has 2 aromatic heterocycles. The number of nitrogens with two attached hydrogens (primary N) is 1. The number of aryl methyl sites for hydroxylation is 1. The lowest BCUT2D eigenvalue weighted by Gasteiger charge is -2.12. The molecule has 0 spiro atoms. The van der Waals surface area contributed by atoms with E-state index in [1.165, 1.54) is 19.5 Å². The number of fused-ring (bicyclic) bond motifs is 1. The van der Waals surface area contributed by atoms with Crippen LogP contribution in [-0.2, 0) is 6.42 Å². The zero-order chi connectivity index (χ0) is 24.4. The fourth-order valence-corrected chi connectivity index (χ4v) is 3.51. The SMILES string of the molecule is CCc1nnc(-c2cccc(Oc3ccc(Nc4ncnc5cc(OC)c(N)cc45)c(F)c3)c2)o1. The summed E-state index contributed by atoms with van der Waals surface area (Å²) in [6, 6.07) is 15.1. The van der Waals surface area contributed by atoms with Gasteiger partial charge in [-0.3, -0.25) is 0 Å². The van der Waals surface area contributed by atoms with E-state index in [2.05, 4.69) is 25.5 Å². The van der Waals surface area contributed by atoms with E-state index in [4.69, 9.17) is 19.6 Å². The average Bonchev–Trinajstić information content (AvgIpc) is 3.35. The molecule has 0 aliphatic rings. The largest absolute Gasteiger partial charge is 0.495 e. The molecule has 0 fully saturated rings. The third-order valence-electron chi connectivity index (χ3n) is 5.27. The van der Waals surface area contributed by atoms with E-state index >= 15 is 0 Å². The summed E-state index contributed by atoms with van der Waals surface area (Å²) in [5, 5.41) is 11.7. The molecule has 0 atom stereocenters. The first-order valence-corrected chi connectivity index (χ1v) is 10.8. The van der Waals surface area contributed by atoms with Crippen LogP contribution in [0.15, 0.2) is 65.3 Å². The Morgan fingerprint density at radius 1 is 1.03 bits per heavy atom. The third kappa shape index (κ3) is 4.54. The Bertz CT molecular complexity index is 1520. The van der Waals surface area contributed by atoms with Gasteiger partial charge in [0.2, 0.25) is 11.8 Å². The number of halogens is 1. The molecular weight excluding hydrogens is 451 g/mol. The monoisotopic (exact) mass is 472 g/mol. The number of benzene rings is 3. The predicted molar refractivity (Wildman–Crippen MR) is 129 cm³/mol. The Kier molecular flexibility index (Phi) is 5.84. The number of ether oxygens (including phenoxy) is 2. The molecule has 10 heteroatoms. The van der Waals surface area contributed by atoms with Crippen LogP contribution in [0, 0.1) is 5.82 Å². The number of anilines is 3. The van der Waals surface area contributed by atoms with E-state index in [-0.39, 0.29) is 5.69 Å². The van der Waals surface area contributed by atoms with Crippen LogP contribution in [0.5, 0.6) is 17.2 Å². The van der Waals surface area contributed by atoms with Crippen LogP contribution < -0.4 is 20.5 Å². The minimum Gasteiger partial charge on any atom is -0.495 e. The van der Waals surface area contributed by atoms with E-state index in [9.17, 15) is 4.39 Å². The molecule has 5 aromatic rings. The lowest BCUT2D eigenvalue weighted by molar-refractivity contribution is 0.417. The molecule has 35 heavy (non-hydrogen) atoms. The first-order valence-electron chi connectivity index (χ1n) is 10.8. The lowest BCUT2D eigenvalue weighted by Crippen LogP contribution is -2.00. The summed E-state index contributed by atoms with van der Waals surface area (Å²) in [5.41, 5.74) is 7.99. The van der Waals surface area contributed by atoms with Gasteiger partial charge >= 0.3 is 0 Å². The molecule has 0 saturated carbocycles. The summed E-state index contributed by atoms with van der Waals surface area (Å²) >= 11 is 0. The first kappa shape index (κ1) is 22.1. The number of nitrogens with zero attached hydrogens (tertiary/aromatic N) is 4. The lowest BCUT2D eigenvalue weighted by atomic mass is 10.2. The van der Waals surface area contributed by atoms with Crippen molar-refractivity contribution in [2.24, 2.45) is 0 Å². The van der Waals surface area contributed by atoms with Crippen molar-refractivity contribution < 1.29 is 18.3 Å². The zero-order valence-electron chi connectivity index (χ0n) is 18.9. The van der Waals surface area contributed by atoms with Gasteiger partial charge in [0.05, 0.1) is 24.0 Å². The van der Waals surface area contributed by atoms with Gasteiger partial charge in [-0.15, -0.1) is 10.2 Å². The van der Waals surface area contributed by atoms with Crippen LogP contribution in [0.4, 0.5) is 21.6 Å². The molecule has 3 aromatic carbocycles. The normalized spacial score (nSPS) is 10.9. The Morgan fingerprint density at radius 2 is 1.89 bits per heavy atom. The van der Waals surface area contributed by atoms with Crippen LogP contribution in [0.3, 0.4) is 0 Å². The standard InChI is InChI=1S/C25H21FN6O3/c1-3-23-31-32-25(35-23)14-5-4-6-15(9-14)34-16-7-8-20(18(26)10-16)30-24-17-11-19(27)22(33-2)12-21(17)28-13-29-24/h4-13H,3,27H2,1-2H3,(H,28,29,30). The molecule has 0 radical (unpaired) electrons. The quantitative estimate of drug-likeness (QED) is 0.295. The van der Waals surface area contributed by atoms with Gasteiger partial charge in [-0.2, -0.15) is 0 Å². The summed E-state index contributed by atoms with van der Waals surface area (Å²) in [6.45, 7) is 1.93. The van der Waals surface area contributed by atoms with Gasteiger partial charge in [0, 0.05) is 29.5 Å². The van der Waals surface area contributed by atoms with Gasteiger partial charge in [0.15, 0.2) is 0 Å². The van der Waals surface area contributed by atoms with Gasteiger partial charge in [0.1, 0.15) is 35.2 Å². The second-order valence-corrected chi connectivity index (χ2v) is 7.58. The second-order valence-electron chi connectivity index (χ2n) is 7.58. The van der Waals surface area contributed by atoms with Gasteiger partial charge in [-0.05, 0) is 36.4 Å². The molecule has 5 rings (SSSR count). The van der Waals surface area contributed by atoms with Crippen LogP contribution in [-0.4, -0.2) is 27.3 Å². The molecule has 2 heterocycles. The second kappa shape index (κ2) is 9.26. The van der Waals surface area contributed by atoms with Crippen molar-refractivity contribution in [3.05, 3.63) is 72.6 Å². The maximum atomic E-state index is 15.0. The summed E-state index contributed by atoms with van der Waals surface area (Å²) in [6.07, 6.45) is 2.03. The van der Waals surface area contributed by atoms with Crippen LogP contribution in [0.1, 0.15) is 12.8 Å². The summed E-state index contributed by atoms with van der Waals surface area (Å²) in [7, 11) is 1.53. The van der Waals surface area contributed by atoms with Crippen LogP contribution >= 0.6 is 0 Å². The van der Waals surface area contributed by atoms with Crippen molar-refractivity contribution >= 4 is 28.1 Å². The number of nitrogen functional groups attached to an aromatic ring is 1. The van der Waals surface area contributed by atoms with E-state index in [1.54, 1.807) is 42.5 Å². The van der Waals surface area contributed by atoms with Gasteiger partial charge in [-0.1, -0.05) is 13.0 Å². The van der Waals surface area contributed by atoms with E-state index in [1.807, 2.05) is 13.0 Å². The number of nitrogens with one attached hydrogen (secondary N) is 1. The fourth-order valence-electron chi connectivity index (χ4n) is 3.51. The average molecular weight is 472 g/mol. The van der Waals surface area contributed by atoms with E-state index in [0.29, 0.717) is 63.4 Å². The van der Waals surface area contributed by atoms with E-state index in [0.717, 1.165) is 0 Å². The summed E-state index contributed by atoms with van der Waals surface area (Å²) in [5.74, 6) is 2.18. The predicted octanol–water partition coefficient (Wildman–Crippen LogP) is 5.51. The molecule has 9 nitrogen and oxygen atoms in total. The first-order chi connectivity index (χ1) is 17.0. The Balaban J connectivity index is 1.37. The van der Waals surface area contributed by atoms with Crippen molar-refractivity contribution in [1.29, 1.82) is 0 Å². The Morgan fingerprint density at radius 3 is 2.66 bits per heavy atom. The highest BCUT2D eigenvalue weighted by molar-refractivity contribution is 5.94. The van der Waals surface area contributed by atoms with E-state index < -0.39 is 5.82 Å². The molecule has 0 amide bonds. The van der Waals surface area contributed by atoms with Crippen molar-refractivity contribution in [1.82, 2.24) is 20.2 Å². The molecule has 176 valence electrons. The molecule has 0 aliphatic heterocycles. The number of rotatable bonds is 7. The van der Waals surface area contributed by atoms with Crippen molar-refractivity contribution in [3.8, 4) is 28.7 Å². The zero-order valence-corrected chi connectivity index (χ0v) is 18.9. The molecule has 0 bridgehead atoms. The van der Waals surface area contributed by atoms with Crippen molar-refractivity contribution in [2.45, 2.75) is 13.3 Å². The number of methoxy groups -OCH3 is 1. The fraction of sp³-hybridized carbons (Fsp3) is 0.120. The smallest absolute Gasteiger partial charge is 0.247 e. The maximum absolute atomic E-state index is 15.0. The van der Waals surface area contributed by atoms with Gasteiger partial charge in [-0.25, -0.2) is 14.4 Å². The van der Waals surface area contributed by atoms with Crippen molar-refractivity contribution in [3.63, 3.8) is 0 Å². The van der Waals surface area contributed by atoms with Gasteiger partial charge in [0.25, 0.3) is 0 Å². The topological polar surface area (TPSA) is 121 Å². The number of hydrogen-bond donors (Lipinski definition) is 2. The van der Waals surface area contributed by atoms with Gasteiger partial charge < -0.3 is 24.9 Å². The number of hydrogen-bond acceptors (Lipinski definition) is 9. The highest BCUT2D eigenvalue weighted by Gasteiger charge is 2.13. The Hall–Kier alpha value is -4.73. The molecule has 0 aliphatic carbocycles. The molecular formula is C25H21FN6O3. The van der Waals surface area contributed by atoms with Crippen LogP contribution in [0.25, 0.3) is 22.4 Å². The minimum atomic E-state index is -0.517. The van der Waals surface area contributed by atoms with Crippen LogP contribution in [0.2, 0.25) is 0 Å². The summed E-state index contributed by atoms with van der Waals surface area (Å²) < 4.78 is 31.7. The van der Waals surface area contributed by atoms with Crippen molar-refractivity contribution in [2.75, 3.05) is 18.2 Å². The maximum Gasteiger partial charge on any atom is 0.247 e. The minimum absolute atomic E-state index is 0.221. The molecule has 0 saturated heterocycles. The molecule has 3 N–H and O–H groups in total. The highest BCUT2D eigenvalue weighted by Crippen LogP contribution is 2.33. The third-order valence-corrected chi connectivity index (χ3v) is 5.27. The summed E-state index contributed by atoms with van der Waals surface area (Å²) in [4.78, 5) is 8.48.